The summed E-state index contributed by atoms with van der Waals surface area (Å²) in [4.78, 5) is 17.0. The number of nitrogens with zero attached hydrogens (tertiary/aromatic N) is 1. The summed E-state index contributed by atoms with van der Waals surface area (Å²) in [6.45, 7) is 0. The largest absolute Gasteiger partial charge is 0.430 e. The predicted octanol–water partition coefficient (Wildman–Crippen LogP) is 1.40. The lowest BCUT2D eigenvalue weighted by Crippen LogP contribution is -2.40. The maximum atomic E-state index is 12.7. The highest BCUT2D eigenvalue weighted by Crippen LogP contribution is 2.33. The van der Waals surface area contributed by atoms with Crippen molar-refractivity contribution in [2.45, 2.75) is 18.6 Å². The van der Waals surface area contributed by atoms with Crippen LogP contribution in [0.5, 0.6) is 0 Å². The van der Waals surface area contributed by atoms with Gasteiger partial charge in [-0.1, -0.05) is 12.1 Å². The van der Waals surface area contributed by atoms with Gasteiger partial charge < -0.3 is 5.32 Å². The quantitative estimate of drug-likeness (QED) is 0.864. The number of amides is 1. The monoisotopic (exact) mass is 289 g/mol. The third-order valence-corrected chi connectivity index (χ3v) is 3.06. The van der Waals surface area contributed by atoms with Crippen molar-refractivity contribution in [2.75, 3.05) is 14.1 Å². The minimum atomic E-state index is -4.47. The van der Waals surface area contributed by atoms with Gasteiger partial charge in [-0.25, -0.2) is 0 Å². The molecule has 0 aromatic heterocycles. The Balaban J connectivity index is 2.15. The number of rotatable bonds is 2. The average Bonchev–Trinajstić information content (AvgIpc) is 2.80. The van der Waals surface area contributed by atoms with Gasteiger partial charge in [0, 0.05) is 12.6 Å². The molecule has 1 heterocycles. The summed E-state index contributed by atoms with van der Waals surface area (Å²) < 4.78 is 38.0. The van der Waals surface area contributed by atoms with Crippen molar-refractivity contribution in [1.29, 1.82) is 0 Å². The molecule has 1 fully saturated rings. The van der Waals surface area contributed by atoms with E-state index in [-0.39, 0.29) is 5.91 Å². The number of alkyl halides is 3. The van der Waals surface area contributed by atoms with Crippen LogP contribution in [0.15, 0.2) is 24.3 Å². The Morgan fingerprint density at radius 1 is 1.35 bits per heavy atom. The first-order chi connectivity index (χ1) is 9.34. The summed E-state index contributed by atoms with van der Waals surface area (Å²) in [5.74, 6) is -0.256. The Bertz CT molecular complexity index is 490. The maximum Gasteiger partial charge on any atom is 0.430 e. The van der Waals surface area contributed by atoms with Gasteiger partial charge in [-0.3, -0.25) is 14.5 Å². The summed E-state index contributed by atoms with van der Waals surface area (Å²) in [5, 5.41) is 2.47. The van der Waals surface area contributed by atoms with Gasteiger partial charge in [0.2, 0.25) is 6.23 Å². The van der Waals surface area contributed by atoms with E-state index in [4.69, 9.17) is 0 Å². The first-order valence-electron chi connectivity index (χ1n) is 5.86. The standard InChI is InChI=1S/C12H14F3N3O2/c1-16-10(19)8-5-3-7(4-6-8)9-17-20-11(18(9)2)12(13,14)15/h3-6,9,11,17H,1-2H3,(H,16,19). The fourth-order valence-electron chi connectivity index (χ4n) is 1.99. The molecular formula is C12H14F3N3O2. The van der Waals surface area contributed by atoms with E-state index in [1.165, 1.54) is 14.1 Å². The topological polar surface area (TPSA) is 53.6 Å². The van der Waals surface area contributed by atoms with Crippen LogP contribution >= 0.6 is 0 Å². The van der Waals surface area contributed by atoms with E-state index in [1.807, 2.05) is 0 Å². The first kappa shape index (κ1) is 14.8. The zero-order valence-electron chi connectivity index (χ0n) is 10.9. The van der Waals surface area contributed by atoms with E-state index in [9.17, 15) is 18.0 Å². The minimum Gasteiger partial charge on any atom is -0.355 e. The molecular weight excluding hydrogens is 275 g/mol. The second-order valence-corrected chi connectivity index (χ2v) is 4.40. The summed E-state index contributed by atoms with van der Waals surface area (Å²) in [6, 6.07) is 6.26. The van der Waals surface area contributed by atoms with E-state index < -0.39 is 18.6 Å². The van der Waals surface area contributed by atoms with Crippen LogP contribution < -0.4 is 10.8 Å². The van der Waals surface area contributed by atoms with Gasteiger partial charge in [0.15, 0.2) is 0 Å². The van der Waals surface area contributed by atoms with Crippen LogP contribution in [0.25, 0.3) is 0 Å². The SMILES string of the molecule is CNC(=O)c1ccc(C2NOC(C(F)(F)F)N2C)cc1. The van der Waals surface area contributed by atoms with E-state index in [0.717, 1.165) is 4.90 Å². The van der Waals surface area contributed by atoms with Crippen LogP contribution in [0.1, 0.15) is 22.1 Å². The number of nitrogens with one attached hydrogen (secondary N) is 2. The fraction of sp³-hybridized carbons (Fsp3) is 0.417. The lowest BCUT2D eigenvalue weighted by molar-refractivity contribution is -0.246. The van der Waals surface area contributed by atoms with Gasteiger partial charge in [0.1, 0.15) is 6.17 Å². The maximum absolute atomic E-state index is 12.7. The zero-order chi connectivity index (χ0) is 14.9. The lowest BCUT2D eigenvalue weighted by atomic mass is 10.1. The molecule has 0 spiro atoms. The molecule has 5 nitrogen and oxygen atoms in total. The van der Waals surface area contributed by atoms with Crippen molar-refractivity contribution >= 4 is 5.91 Å². The van der Waals surface area contributed by atoms with Crippen LogP contribution in [0.4, 0.5) is 13.2 Å². The summed E-state index contributed by atoms with van der Waals surface area (Å²) >= 11 is 0. The molecule has 2 N–H and O–H groups in total. The Morgan fingerprint density at radius 2 is 1.95 bits per heavy atom. The van der Waals surface area contributed by atoms with Crippen molar-refractivity contribution in [3.8, 4) is 0 Å². The molecule has 1 saturated heterocycles. The molecule has 0 aliphatic carbocycles. The molecule has 110 valence electrons. The lowest BCUT2D eigenvalue weighted by Gasteiger charge is -2.23. The summed E-state index contributed by atoms with van der Waals surface area (Å²) in [6.07, 6.45) is -7.19. The summed E-state index contributed by atoms with van der Waals surface area (Å²) in [5.41, 5.74) is 3.36. The first-order valence-corrected chi connectivity index (χ1v) is 5.86. The van der Waals surface area contributed by atoms with Gasteiger partial charge in [0.25, 0.3) is 5.91 Å². The Labute approximate surface area is 113 Å². The molecule has 1 aliphatic rings. The molecule has 0 bridgehead atoms. The number of benzene rings is 1. The van der Waals surface area contributed by atoms with Gasteiger partial charge in [-0.2, -0.15) is 18.7 Å². The molecule has 1 aromatic rings. The predicted molar refractivity (Wildman–Crippen MR) is 64.4 cm³/mol. The van der Waals surface area contributed by atoms with Crippen LogP contribution in [-0.2, 0) is 4.84 Å². The molecule has 2 atom stereocenters. The molecule has 1 aromatic carbocycles. The third-order valence-electron chi connectivity index (χ3n) is 3.06. The molecule has 2 rings (SSSR count). The zero-order valence-corrected chi connectivity index (χ0v) is 10.9. The molecule has 1 aliphatic heterocycles. The number of carbonyl (C=O) groups excluding carboxylic acids is 1. The smallest absolute Gasteiger partial charge is 0.355 e. The van der Waals surface area contributed by atoms with Crippen molar-refractivity contribution in [2.24, 2.45) is 0 Å². The summed E-state index contributed by atoms with van der Waals surface area (Å²) in [7, 11) is 2.82. The van der Waals surface area contributed by atoms with Gasteiger partial charge in [-0.05, 0) is 24.7 Å². The van der Waals surface area contributed by atoms with Crippen LogP contribution in [0.3, 0.4) is 0 Å². The van der Waals surface area contributed by atoms with Gasteiger partial charge in [-0.15, -0.1) is 0 Å². The number of hydroxylamine groups is 1. The van der Waals surface area contributed by atoms with E-state index in [0.29, 0.717) is 11.1 Å². The van der Waals surface area contributed by atoms with E-state index >= 15 is 0 Å². The third kappa shape index (κ3) is 2.77. The minimum absolute atomic E-state index is 0.256. The van der Waals surface area contributed by atoms with E-state index in [2.05, 4.69) is 15.6 Å². The van der Waals surface area contributed by atoms with Crippen molar-refractivity contribution < 1.29 is 22.8 Å². The highest BCUT2D eigenvalue weighted by Gasteiger charge is 2.50. The number of hydrogen-bond acceptors (Lipinski definition) is 4. The highest BCUT2D eigenvalue weighted by molar-refractivity contribution is 5.93. The fourth-order valence-corrected chi connectivity index (χ4v) is 1.99. The second kappa shape index (κ2) is 5.39. The Hall–Kier alpha value is -1.64. The Morgan fingerprint density at radius 3 is 2.40 bits per heavy atom. The number of carbonyl (C=O) groups is 1. The van der Waals surface area contributed by atoms with Crippen LogP contribution in [0, 0.1) is 0 Å². The molecule has 8 heteroatoms. The Kier molecular flexibility index (Phi) is 3.98. The number of hydrogen-bond donors (Lipinski definition) is 2. The van der Waals surface area contributed by atoms with Crippen molar-refractivity contribution in [3.05, 3.63) is 35.4 Å². The molecule has 20 heavy (non-hydrogen) atoms. The second-order valence-electron chi connectivity index (χ2n) is 4.40. The van der Waals surface area contributed by atoms with Crippen LogP contribution in [0.2, 0.25) is 0 Å². The van der Waals surface area contributed by atoms with Gasteiger partial charge in [0.05, 0.1) is 0 Å². The van der Waals surface area contributed by atoms with Gasteiger partial charge >= 0.3 is 6.18 Å². The average molecular weight is 289 g/mol. The van der Waals surface area contributed by atoms with E-state index in [1.54, 1.807) is 24.3 Å². The van der Waals surface area contributed by atoms with Crippen LogP contribution in [-0.4, -0.2) is 37.3 Å². The van der Waals surface area contributed by atoms with Crippen molar-refractivity contribution in [3.63, 3.8) is 0 Å². The number of halogens is 3. The molecule has 0 saturated carbocycles. The normalized spacial score (nSPS) is 23.9. The highest BCUT2D eigenvalue weighted by atomic mass is 19.4. The van der Waals surface area contributed by atoms with Crippen molar-refractivity contribution in [1.82, 2.24) is 15.7 Å². The molecule has 2 unspecified atom stereocenters. The molecule has 0 radical (unpaired) electrons. The molecule has 1 amide bonds.